The maximum atomic E-state index is 6.74. The van der Waals surface area contributed by atoms with Crippen molar-refractivity contribution in [3.8, 4) is 56.3 Å². The first-order chi connectivity index (χ1) is 31.7. The van der Waals surface area contributed by atoms with Crippen molar-refractivity contribution >= 4 is 60.7 Å². The van der Waals surface area contributed by atoms with Gasteiger partial charge in [-0.1, -0.05) is 140 Å². The van der Waals surface area contributed by atoms with E-state index in [1.165, 1.54) is 49.4 Å². The maximum Gasteiger partial charge on any atom is 0.153 e. The van der Waals surface area contributed by atoms with Gasteiger partial charge in [-0.15, -0.1) is 0 Å². The number of rotatable bonds is 6. The zero-order valence-corrected chi connectivity index (χ0v) is 34.8. The number of fused-ring (bicyclic) bond motifs is 8. The van der Waals surface area contributed by atoms with Crippen molar-refractivity contribution in [1.82, 2.24) is 9.13 Å². The fraction of sp³-hybridized carbons (Fsp3) is 0. The van der Waals surface area contributed by atoms with Crippen molar-refractivity contribution in [1.29, 1.82) is 0 Å². The fourth-order valence-corrected chi connectivity index (χ4v) is 9.97. The molecular formula is C60H39N3O. The molecule has 0 amide bonds. The molecule has 0 bridgehead atoms. The van der Waals surface area contributed by atoms with Crippen LogP contribution in [-0.4, -0.2) is 9.13 Å². The van der Waals surface area contributed by atoms with Crippen molar-refractivity contribution in [2.24, 2.45) is 0 Å². The molecule has 64 heavy (non-hydrogen) atoms. The Morgan fingerprint density at radius 3 is 1.44 bits per heavy atom. The Morgan fingerprint density at radius 2 is 0.781 bits per heavy atom. The van der Waals surface area contributed by atoms with Gasteiger partial charge in [0, 0.05) is 50.2 Å². The number of para-hydroxylation sites is 5. The van der Waals surface area contributed by atoms with Gasteiger partial charge in [0.05, 0.1) is 33.4 Å². The Labute approximate surface area is 370 Å². The highest BCUT2D eigenvalue weighted by Gasteiger charge is 2.28. The van der Waals surface area contributed by atoms with E-state index in [4.69, 9.17) is 4.74 Å². The van der Waals surface area contributed by atoms with Gasteiger partial charge in [-0.25, -0.2) is 0 Å². The molecule has 0 saturated carbocycles. The van der Waals surface area contributed by atoms with Crippen LogP contribution in [0.1, 0.15) is 0 Å². The van der Waals surface area contributed by atoms with Gasteiger partial charge >= 0.3 is 0 Å². The zero-order valence-electron chi connectivity index (χ0n) is 34.8. The normalized spacial score (nSPS) is 12.2. The molecule has 0 aliphatic carbocycles. The molecule has 0 spiro atoms. The minimum atomic E-state index is 0.820. The third-order valence-corrected chi connectivity index (χ3v) is 12.8. The molecule has 12 aromatic rings. The topological polar surface area (TPSA) is 22.3 Å². The summed E-state index contributed by atoms with van der Waals surface area (Å²) in [5.41, 5.74) is 17.0. The highest BCUT2D eigenvalue weighted by Crippen LogP contribution is 2.53. The number of ether oxygens (including phenoxy) is 1. The maximum absolute atomic E-state index is 6.74. The molecule has 0 atom stereocenters. The van der Waals surface area contributed by atoms with Crippen LogP contribution in [0.2, 0.25) is 0 Å². The Morgan fingerprint density at radius 1 is 0.281 bits per heavy atom. The molecule has 10 aromatic carbocycles. The number of aromatic nitrogens is 2. The van der Waals surface area contributed by atoms with Gasteiger partial charge in [0.25, 0.3) is 0 Å². The van der Waals surface area contributed by atoms with E-state index in [2.05, 4.69) is 245 Å². The molecule has 3 heterocycles. The summed E-state index contributed by atoms with van der Waals surface area (Å²) < 4.78 is 11.6. The van der Waals surface area contributed by atoms with Crippen LogP contribution in [0.4, 0.5) is 17.1 Å². The van der Waals surface area contributed by atoms with Gasteiger partial charge in [-0.2, -0.15) is 0 Å². The third-order valence-electron chi connectivity index (χ3n) is 12.8. The van der Waals surface area contributed by atoms with Crippen LogP contribution in [0.25, 0.3) is 88.4 Å². The van der Waals surface area contributed by atoms with E-state index in [-0.39, 0.29) is 0 Å². The zero-order chi connectivity index (χ0) is 42.1. The molecule has 1 aliphatic rings. The fourth-order valence-electron chi connectivity index (χ4n) is 9.97. The monoisotopic (exact) mass is 817 g/mol. The lowest BCUT2D eigenvalue weighted by Crippen LogP contribution is -2.15. The first-order valence-corrected chi connectivity index (χ1v) is 21.8. The Balaban J connectivity index is 1.07. The largest absolute Gasteiger partial charge is 0.453 e. The Kier molecular flexibility index (Phi) is 8.18. The first-order valence-electron chi connectivity index (χ1n) is 21.8. The molecular weight excluding hydrogens is 779 g/mol. The second-order valence-electron chi connectivity index (χ2n) is 16.5. The standard InChI is InChI=1S/C60H39N3O/c1-6-18-40(19-7-1)44-36-48(41-20-8-2-9-21-41)60-52(37-44)50-35-43(31-33-54(50)63(60)47-26-14-5-15-27-47)42-30-32-53-49(34-42)51-38-57-59(39-56(51)61(53)45-22-10-3-11-23-45)64-58-29-17-16-28-55(58)62(57)46-24-12-4-13-25-46/h1-39H. The van der Waals surface area contributed by atoms with Crippen molar-refractivity contribution in [3.63, 3.8) is 0 Å². The minimum absolute atomic E-state index is 0.820. The van der Waals surface area contributed by atoms with E-state index >= 15 is 0 Å². The number of nitrogens with zero attached hydrogens (tertiary/aromatic N) is 3. The molecule has 4 nitrogen and oxygen atoms in total. The smallest absolute Gasteiger partial charge is 0.153 e. The van der Waals surface area contributed by atoms with E-state index in [0.717, 1.165) is 67.5 Å². The van der Waals surface area contributed by atoms with E-state index in [1.807, 2.05) is 6.07 Å². The van der Waals surface area contributed by atoms with Crippen molar-refractivity contribution in [2.75, 3.05) is 4.90 Å². The highest BCUT2D eigenvalue weighted by molar-refractivity contribution is 6.17. The van der Waals surface area contributed by atoms with Crippen LogP contribution in [0, 0.1) is 0 Å². The van der Waals surface area contributed by atoms with Gasteiger partial charge < -0.3 is 18.8 Å². The lowest BCUT2D eigenvalue weighted by molar-refractivity contribution is 0.477. The lowest BCUT2D eigenvalue weighted by Gasteiger charge is -2.33. The number of benzene rings is 10. The van der Waals surface area contributed by atoms with Crippen LogP contribution < -0.4 is 9.64 Å². The summed E-state index contributed by atoms with van der Waals surface area (Å²) in [6.45, 7) is 0. The molecule has 300 valence electrons. The summed E-state index contributed by atoms with van der Waals surface area (Å²) in [7, 11) is 0. The number of hydrogen-bond donors (Lipinski definition) is 0. The molecule has 0 radical (unpaired) electrons. The van der Waals surface area contributed by atoms with Crippen molar-refractivity contribution in [2.45, 2.75) is 0 Å². The van der Waals surface area contributed by atoms with Gasteiger partial charge in [-0.05, 0) is 119 Å². The second kappa shape index (κ2) is 14.5. The van der Waals surface area contributed by atoms with Crippen LogP contribution >= 0.6 is 0 Å². The predicted molar refractivity (Wildman–Crippen MR) is 266 cm³/mol. The van der Waals surface area contributed by atoms with Gasteiger partial charge in [0.15, 0.2) is 11.5 Å². The summed E-state index contributed by atoms with van der Waals surface area (Å²) in [4.78, 5) is 2.33. The quantitative estimate of drug-likeness (QED) is 0.167. The summed E-state index contributed by atoms with van der Waals surface area (Å²) in [5.74, 6) is 1.65. The molecule has 0 unspecified atom stereocenters. The summed E-state index contributed by atoms with van der Waals surface area (Å²) in [6.07, 6.45) is 0. The van der Waals surface area contributed by atoms with Crippen LogP contribution in [0.15, 0.2) is 237 Å². The molecule has 4 heteroatoms. The average molecular weight is 818 g/mol. The molecule has 2 aromatic heterocycles. The number of anilines is 3. The number of hydrogen-bond acceptors (Lipinski definition) is 2. The van der Waals surface area contributed by atoms with E-state index in [0.29, 0.717) is 0 Å². The summed E-state index contributed by atoms with van der Waals surface area (Å²) in [5, 5.41) is 4.76. The SMILES string of the molecule is c1ccc(-c2cc(-c3ccccc3)c3c(c2)c2cc(-c4ccc5c(c4)c4cc6c(cc4n5-c4ccccc4)Oc4ccccc4N6c4ccccc4)ccc2n3-c2ccccc2)cc1. The van der Waals surface area contributed by atoms with Gasteiger partial charge in [0.2, 0.25) is 0 Å². The second-order valence-corrected chi connectivity index (χ2v) is 16.5. The van der Waals surface area contributed by atoms with E-state index in [1.54, 1.807) is 0 Å². The molecule has 0 fully saturated rings. The average Bonchev–Trinajstić information content (AvgIpc) is 3.87. The summed E-state index contributed by atoms with van der Waals surface area (Å²) in [6, 6.07) is 85.2. The molecule has 0 saturated heterocycles. The highest BCUT2D eigenvalue weighted by atomic mass is 16.5. The molecule has 0 N–H and O–H groups in total. The van der Waals surface area contributed by atoms with Crippen LogP contribution in [0.5, 0.6) is 11.5 Å². The van der Waals surface area contributed by atoms with E-state index < -0.39 is 0 Å². The van der Waals surface area contributed by atoms with Crippen LogP contribution in [-0.2, 0) is 0 Å². The van der Waals surface area contributed by atoms with Crippen molar-refractivity contribution in [3.05, 3.63) is 237 Å². The van der Waals surface area contributed by atoms with E-state index in [9.17, 15) is 0 Å². The lowest BCUT2D eigenvalue weighted by atomic mass is 9.95. The van der Waals surface area contributed by atoms with Crippen molar-refractivity contribution < 1.29 is 4.74 Å². The third kappa shape index (κ3) is 5.70. The van der Waals surface area contributed by atoms with Crippen LogP contribution in [0.3, 0.4) is 0 Å². The summed E-state index contributed by atoms with van der Waals surface area (Å²) >= 11 is 0. The Hall–Kier alpha value is -8.60. The molecule has 1 aliphatic heterocycles. The minimum Gasteiger partial charge on any atom is -0.453 e. The first kappa shape index (κ1) is 36.1. The van der Waals surface area contributed by atoms with Gasteiger partial charge in [-0.3, -0.25) is 0 Å². The Bertz CT molecular complexity index is 3730. The predicted octanol–water partition coefficient (Wildman–Crippen LogP) is 16.5. The molecule has 13 rings (SSSR count). The van der Waals surface area contributed by atoms with Gasteiger partial charge in [0.1, 0.15) is 0 Å².